The lowest BCUT2D eigenvalue weighted by Crippen LogP contribution is -2.24. The van der Waals surface area contributed by atoms with Crippen molar-refractivity contribution >= 4 is 11.5 Å². The molecule has 2 rings (SSSR count). The third-order valence-corrected chi connectivity index (χ3v) is 4.37. The molecule has 1 aromatic carbocycles. The Morgan fingerprint density at radius 2 is 1.96 bits per heavy atom. The zero-order valence-corrected chi connectivity index (χ0v) is 17.3. The third-order valence-electron chi connectivity index (χ3n) is 4.37. The highest BCUT2D eigenvalue weighted by Gasteiger charge is 2.29. The molecule has 144 valence electrons. The highest BCUT2D eigenvalue weighted by atomic mass is 16.6. The highest BCUT2D eigenvalue weighted by Crippen LogP contribution is 2.43. The molecule has 0 spiro atoms. The van der Waals surface area contributed by atoms with Crippen LogP contribution in [0.15, 0.2) is 53.8 Å². The van der Waals surface area contributed by atoms with Crippen LogP contribution in [0.1, 0.15) is 51.7 Å². The van der Waals surface area contributed by atoms with Gasteiger partial charge in [-0.25, -0.2) is 4.79 Å². The van der Waals surface area contributed by atoms with Crippen molar-refractivity contribution in [1.29, 1.82) is 0 Å². The number of methoxy groups -OCH3 is 1. The van der Waals surface area contributed by atoms with Crippen molar-refractivity contribution in [3.05, 3.63) is 64.9 Å². The van der Waals surface area contributed by atoms with E-state index in [0.29, 0.717) is 11.5 Å². The Bertz CT molecular complexity index is 824. The van der Waals surface area contributed by atoms with E-state index in [-0.39, 0.29) is 5.97 Å². The van der Waals surface area contributed by atoms with E-state index in [2.05, 4.69) is 12.3 Å². The zero-order chi connectivity index (χ0) is 20.2. The number of rotatable bonds is 6. The standard InChI is InChI=1S/C24H30O3/c1-8-10-19(20-12-9-11-16(2)22(20)26-7)21(18-13-14-18)15-17(3)23(25)27-24(4,5)6/h9-12,15,18H,1,13-14H2,2-7H3/b17-15+,21-19-. The molecule has 3 nitrogen and oxygen atoms in total. The number of hydrogen-bond acceptors (Lipinski definition) is 3. The zero-order valence-electron chi connectivity index (χ0n) is 17.3. The third kappa shape index (κ3) is 5.48. The Kier molecular flexibility index (Phi) is 6.51. The van der Waals surface area contributed by atoms with Crippen LogP contribution in [0, 0.1) is 12.8 Å². The number of para-hydroxylation sites is 1. The van der Waals surface area contributed by atoms with E-state index in [1.54, 1.807) is 14.0 Å². The second-order valence-corrected chi connectivity index (χ2v) is 7.98. The molecule has 0 atom stereocenters. The lowest BCUT2D eigenvalue weighted by atomic mass is 9.93. The van der Waals surface area contributed by atoms with Crippen LogP contribution in [0.3, 0.4) is 0 Å². The molecule has 3 heteroatoms. The van der Waals surface area contributed by atoms with Crippen molar-refractivity contribution in [3.8, 4) is 5.75 Å². The first-order valence-electron chi connectivity index (χ1n) is 9.33. The number of esters is 1. The van der Waals surface area contributed by atoms with Crippen LogP contribution < -0.4 is 4.74 Å². The predicted molar refractivity (Wildman–Crippen MR) is 111 cm³/mol. The maximum Gasteiger partial charge on any atom is 0.334 e. The molecule has 1 aliphatic carbocycles. The second kappa shape index (κ2) is 8.45. The van der Waals surface area contributed by atoms with Crippen molar-refractivity contribution in [2.24, 2.45) is 5.92 Å². The fourth-order valence-electron chi connectivity index (χ4n) is 3.01. The van der Waals surface area contributed by atoms with Gasteiger partial charge in [-0.15, -0.1) is 5.73 Å². The van der Waals surface area contributed by atoms with E-state index in [9.17, 15) is 4.79 Å². The number of ether oxygens (including phenoxy) is 2. The van der Waals surface area contributed by atoms with Gasteiger partial charge in [-0.05, 0) is 82.2 Å². The molecule has 0 N–H and O–H groups in total. The highest BCUT2D eigenvalue weighted by molar-refractivity contribution is 5.90. The quantitative estimate of drug-likeness (QED) is 0.276. The summed E-state index contributed by atoms with van der Waals surface area (Å²) in [6.45, 7) is 13.2. The van der Waals surface area contributed by atoms with Crippen molar-refractivity contribution in [2.45, 2.75) is 53.1 Å². The first-order chi connectivity index (χ1) is 12.7. The van der Waals surface area contributed by atoms with Crippen LogP contribution in [0.4, 0.5) is 0 Å². The fourth-order valence-corrected chi connectivity index (χ4v) is 3.01. The predicted octanol–water partition coefficient (Wildman–Crippen LogP) is 5.80. The lowest BCUT2D eigenvalue weighted by Gasteiger charge is -2.20. The van der Waals surface area contributed by atoms with E-state index in [0.717, 1.165) is 40.9 Å². The first kappa shape index (κ1) is 20.8. The van der Waals surface area contributed by atoms with Gasteiger partial charge in [-0.2, -0.15) is 0 Å². The largest absolute Gasteiger partial charge is 0.496 e. The van der Waals surface area contributed by atoms with Crippen LogP contribution in [0.5, 0.6) is 5.75 Å². The average molecular weight is 367 g/mol. The van der Waals surface area contributed by atoms with Gasteiger partial charge >= 0.3 is 5.97 Å². The Hall–Kier alpha value is -2.51. The number of hydrogen-bond donors (Lipinski definition) is 0. The van der Waals surface area contributed by atoms with E-state index >= 15 is 0 Å². The smallest absolute Gasteiger partial charge is 0.334 e. The SMILES string of the molecule is C=C=C/C(=C(\C=C(/C)C(=O)OC(C)(C)C)C1CC1)c1cccc(C)c1OC. The van der Waals surface area contributed by atoms with Gasteiger partial charge in [0.15, 0.2) is 0 Å². The Labute approximate surface area is 163 Å². The molecule has 1 aliphatic rings. The summed E-state index contributed by atoms with van der Waals surface area (Å²) in [6, 6.07) is 6.07. The van der Waals surface area contributed by atoms with Crippen LogP contribution >= 0.6 is 0 Å². The van der Waals surface area contributed by atoms with E-state index < -0.39 is 5.60 Å². The molecule has 1 fully saturated rings. The average Bonchev–Trinajstić information content (AvgIpc) is 3.41. The minimum absolute atomic E-state index is 0.293. The second-order valence-electron chi connectivity index (χ2n) is 7.98. The molecular weight excluding hydrogens is 336 g/mol. The van der Waals surface area contributed by atoms with Crippen molar-refractivity contribution in [1.82, 2.24) is 0 Å². The molecule has 0 radical (unpaired) electrons. The van der Waals surface area contributed by atoms with Gasteiger partial charge in [0.25, 0.3) is 0 Å². The summed E-state index contributed by atoms with van der Waals surface area (Å²) in [5.41, 5.74) is 7.14. The summed E-state index contributed by atoms with van der Waals surface area (Å²) in [5.74, 6) is 0.964. The summed E-state index contributed by atoms with van der Waals surface area (Å²) in [5, 5.41) is 0. The van der Waals surface area contributed by atoms with Crippen LogP contribution in [-0.4, -0.2) is 18.7 Å². The Balaban J connectivity index is 2.60. The fraction of sp³-hybridized carbons (Fsp3) is 0.417. The maximum atomic E-state index is 12.5. The molecule has 1 aromatic rings. The van der Waals surface area contributed by atoms with Gasteiger partial charge in [0.2, 0.25) is 0 Å². The van der Waals surface area contributed by atoms with E-state index in [4.69, 9.17) is 9.47 Å². The van der Waals surface area contributed by atoms with Gasteiger partial charge in [0.05, 0.1) is 7.11 Å². The topological polar surface area (TPSA) is 35.5 Å². The number of allylic oxidation sites excluding steroid dienone is 4. The summed E-state index contributed by atoms with van der Waals surface area (Å²) in [4.78, 5) is 12.5. The molecule has 0 aliphatic heterocycles. The minimum atomic E-state index is -0.515. The van der Waals surface area contributed by atoms with Crippen LogP contribution in [0.2, 0.25) is 0 Å². The lowest BCUT2D eigenvalue weighted by molar-refractivity contribution is -0.149. The molecule has 27 heavy (non-hydrogen) atoms. The molecule has 0 unspecified atom stereocenters. The number of benzene rings is 1. The molecule has 0 saturated heterocycles. The maximum absolute atomic E-state index is 12.5. The number of carbonyl (C=O) groups excluding carboxylic acids is 1. The Morgan fingerprint density at radius 3 is 2.48 bits per heavy atom. The molecule has 1 saturated carbocycles. The Morgan fingerprint density at radius 1 is 1.30 bits per heavy atom. The summed E-state index contributed by atoms with van der Waals surface area (Å²) < 4.78 is 11.2. The molecule has 0 bridgehead atoms. The van der Waals surface area contributed by atoms with Crippen molar-refractivity contribution in [3.63, 3.8) is 0 Å². The summed E-state index contributed by atoms with van der Waals surface area (Å²) >= 11 is 0. The van der Waals surface area contributed by atoms with Gasteiger partial charge in [0.1, 0.15) is 11.4 Å². The summed E-state index contributed by atoms with van der Waals surface area (Å²) in [7, 11) is 1.68. The van der Waals surface area contributed by atoms with E-state index in [1.807, 2.05) is 58.0 Å². The van der Waals surface area contributed by atoms with Gasteiger partial charge in [-0.1, -0.05) is 24.8 Å². The van der Waals surface area contributed by atoms with Crippen LogP contribution in [-0.2, 0) is 9.53 Å². The number of carbonyl (C=O) groups is 1. The van der Waals surface area contributed by atoms with Crippen molar-refractivity contribution < 1.29 is 14.3 Å². The van der Waals surface area contributed by atoms with Crippen LogP contribution in [0.25, 0.3) is 5.57 Å². The minimum Gasteiger partial charge on any atom is -0.496 e. The number of aryl methyl sites for hydroxylation is 1. The van der Waals surface area contributed by atoms with E-state index in [1.165, 1.54) is 0 Å². The van der Waals surface area contributed by atoms with Gasteiger partial charge in [-0.3, -0.25) is 0 Å². The molecular formula is C24H30O3. The molecule has 0 heterocycles. The molecule has 0 amide bonds. The van der Waals surface area contributed by atoms with Gasteiger partial charge < -0.3 is 9.47 Å². The van der Waals surface area contributed by atoms with Crippen molar-refractivity contribution in [2.75, 3.05) is 7.11 Å². The normalized spacial score (nSPS) is 15.6. The van der Waals surface area contributed by atoms with Gasteiger partial charge in [0, 0.05) is 11.1 Å². The monoisotopic (exact) mass is 366 g/mol. The first-order valence-corrected chi connectivity index (χ1v) is 9.33. The summed E-state index contributed by atoms with van der Waals surface area (Å²) in [6.07, 6.45) is 6.05. The molecule has 0 aromatic heterocycles.